The highest BCUT2D eigenvalue weighted by Gasteiger charge is 2.19. The second-order valence-corrected chi connectivity index (χ2v) is 6.15. The van der Waals surface area contributed by atoms with Crippen LogP contribution in [-0.4, -0.2) is 18.9 Å². The van der Waals surface area contributed by atoms with Crippen LogP contribution in [0.5, 0.6) is 11.5 Å². The summed E-state index contributed by atoms with van der Waals surface area (Å²) in [5, 5.41) is 0.343. The van der Waals surface area contributed by atoms with E-state index in [1.807, 2.05) is 0 Å². The van der Waals surface area contributed by atoms with Gasteiger partial charge >= 0.3 is 5.97 Å². The highest BCUT2D eigenvalue weighted by Crippen LogP contribution is 2.33. The van der Waals surface area contributed by atoms with E-state index in [1.54, 1.807) is 25.1 Å². The summed E-state index contributed by atoms with van der Waals surface area (Å²) in [6.45, 7) is 2.20. The summed E-state index contributed by atoms with van der Waals surface area (Å²) in [7, 11) is 0. The number of aldehydes is 1. The van der Waals surface area contributed by atoms with Crippen molar-refractivity contribution in [3.63, 3.8) is 0 Å². The van der Waals surface area contributed by atoms with E-state index in [4.69, 9.17) is 32.7 Å². The summed E-state index contributed by atoms with van der Waals surface area (Å²) in [5.74, 6) is -0.362. The van der Waals surface area contributed by atoms with Gasteiger partial charge in [0.05, 0.1) is 17.2 Å². The van der Waals surface area contributed by atoms with Gasteiger partial charge in [0.2, 0.25) is 0 Å². The first-order chi connectivity index (χ1) is 11.0. The zero-order valence-electron chi connectivity index (χ0n) is 11.9. The number of carbonyl (C=O) groups excluding carboxylic acids is 2. The molecule has 23 heavy (non-hydrogen) atoms. The molecule has 4 nitrogen and oxygen atoms in total. The lowest BCUT2D eigenvalue weighted by atomic mass is 10.2. The molecule has 2 aromatic carbocycles. The van der Waals surface area contributed by atoms with Crippen molar-refractivity contribution in [1.82, 2.24) is 0 Å². The Morgan fingerprint density at radius 3 is 2.65 bits per heavy atom. The van der Waals surface area contributed by atoms with Crippen molar-refractivity contribution in [1.29, 1.82) is 0 Å². The van der Waals surface area contributed by atoms with Crippen molar-refractivity contribution >= 4 is 51.4 Å². The fourth-order valence-electron chi connectivity index (χ4n) is 1.87. The molecule has 0 aliphatic rings. The van der Waals surface area contributed by atoms with Gasteiger partial charge in [-0.05, 0) is 37.3 Å². The molecule has 0 aliphatic heterocycles. The van der Waals surface area contributed by atoms with Crippen molar-refractivity contribution in [2.24, 2.45) is 0 Å². The van der Waals surface area contributed by atoms with Crippen LogP contribution in [0.2, 0.25) is 10.0 Å². The fourth-order valence-corrected chi connectivity index (χ4v) is 2.78. The van der Waals surface area contributed by atoms with Crippen LogP contribution in [0.1, 0.15) is 27.6 Å². The van der Waals surface area contributed by atoms with Crippen LogP contribution in [0, 0.1) is 0 Å². The van der Waals surface area contributed by atoms with Crippen molar-refractivity contribution in [3.05, 3.63) is 56.0 Å². The van der Waals surface area contributed by atoms with Gasteiger partial charge in [0.25, 0.3) is 0 Å². The molecular weight excluding hydrogens is 407 g/mol. The molecule has 0 fully saturated rings. The maximum atomic E-state index is 12.4. The highest BCUT2D eigenvalue weighted by atomic mass is 79.9. The van der Waals surface area contributed by atoms with Gasteiger partial charge in [0.1, 0.15) is 11.3 Å². The molecule has 0 radical (unpaired) electrons. The van der Waals surface area contributed by atoms with E-state index in [2.05, 4.69) is 15.9 Å². The summed E-state index contributed by atoms with van der Waals surface area (Å²) in [6, 6.07) is 7.72. The zero-order chi connectivity index (χ0) is 17.0. The first kappa shape index (κ1) is 17.8. The van der Waals surface area contributed by atoms with E-state index in [0.717, 1.165) is 0 Å². The molecule has 0 amide bonds. The second-order valence-electron chi connectivity index (χ2n) is 4.39. The molecule has 0 atom stereocenters. The zero-order valence-corrected chi connectivity index (χ0v) is 15.0. The van der Waals surface area contributed by atoms with E-state index in [9.17, 15) is 9.59 Å². The molecule has 0 saturated carbocycles. The molecule has 0 spiro atoms. The third kappa shape index (κ3) is 4.25. The van der Waals surface area contributed by atoms with Gasteiger partial charge in [0.15, 0.2) is 12.0 Å². The van der Waals surface area contributed by atoms with E-state index < -0.39 is 5.97 Å². The summed E-state index contributed by atoms with van der Waals surface area (Å²) in [4.78, 5) is 23.6. The predicted molar refractivity (Wildman–Crippen MR) is 92.1 cm³/mol. The molecule has 7 heteroatoms. The van der Waals surface area contributed by atoms with Crippen LogP contribution in [0.15, 0.2) is 34.8 Å². The van der Waals surface area contributed by atoms with Crippen molar-refractivity contribution < 1.29 is 19.1 Å². The number of carbonyl (C=O) groups is 2. The Morgan fingerprint density at radius 1 is 1.26 bits per heavy atom. The van der Waals surface area contributed by atoms with Crippen molar-refractivity contribution in [2.45, 2.75) is 6.92 Å². The lowest BCUT2D eigenvalue weighted by Crippen LogP contribution is -2.12. The first-order valence-corrected chi connectivity index (χ1v) is 8.10. The Labute approximate surface area is 151 Å². The SMILES string of the molecule is CCOc1ccc(Br)cc1C(=O)Oc1c(Cl)cc(Cl)cc1C=O. The molecule has 0 heterocycles. The van der Waals surface area contributed by atoms with Crippen molar-refractivity contribution in [2.75, 3.05) is 6.61 Å². The number of ether oxygens (including phenoxy) is 2. The Hall–Kier alpha value is -1.56. The number of esters is 1. The van der Waals surface area contributed by atoms with E-state index in [1.165, 1.54) is 12.1 Å². The minimum absolute atomic E-state index is 0.0431. The van der Waals surface area contributed by atoms with Crippen LogP contribution in [0.3, 0.4) is 0 Å². The molecule has 0 N–H and O–H groups in total. The van der Waals surface area contributed by atoms with E-state index >= 15 is 0 Å². The van der Waals surface area contributed by atoms with Gasteiger partial charge in [-0.2, -0.15) is 0 Å². The molecule has 0 aliphatic carbocycles. The Morgan fingerprint density at radius 2 is 2.00 bits per heavy atom. The number of hydrogen-bond acceptors (Lipinski definition) is 4. The number of halogens is 3. The summed E-state index contributed by atoms with van der Waals surface area (Å²) in [5.41, 5.74) is 0.299. The first-order valence-electron chi connectivity index (χ1n) is 6.55. The molecule has 0 unspecified atom stereocenters. The molecule has 2 aromatic rings. The van der Waals surface area contributed by atoms with Crippen LogP contribution >= 0.6 is 39.1 Å². The van der Waals surface area contributed by atoms with Gasteiger partial charge in [-0.1, -0.05) is 39.1 Å². The summed E-state index contributed by atoms with van der Waals surface area (Å²) >= 11 is 15.1. The van der Waals surface area contributed by atoms with Gasteiger partial charge < -0.3 is 9.47 Å². The monoisotopic (exact) mass is 416 g/mol. The Kier molecular flexibility index (Phi) is 6.04. The Balaban J connectivity index is 2.40. The molecule has 120 valence electrons. The van der Waals surface area contributed by atoms with Crippen LogP contribution < -0.4 is 9.47 Å². The fraction of sp³-hybridized carbons (Fsp3) is 0.125. The normalized spacial score (nSPS) is 10.3. The maximum Gasteiger partial charge on any atom is 0.347 e. The van der Waals surface area contributed by atoms with Crippen LogP contribution in [0.4, 0.5) is 0 Å². The smallest absolute Gasteiger partial charge is 0.347 e. The maximum absolute atomic E-state index is 12.4. The third-order valence-corrected chi connectivity index (χ3v) is 3.81. The molecular formula is C16H11BrCl2O4. The number of rotatable bonds is 5. The van der Waals surface area contributed by atoms with Crippen LogP contribution in [0.25, 0.3) is 0 Å². The third-order valence-electron chi connectivity index (χ3n) is 2.82. The molecule has 0 bridgehead atoms. The minimum atomic E-state index is -0.693. The molecule has 0 aromatic heterocycles. The van der Waals surface area contributed by atoms with E-state index in [0.29, 0.717) is 23.1 Å². The van der Waals surface area contributed by atoms with Gasteiger partial charge in [-0.15, -0.1) is 0 Å². The largest absolute Gasteiger partial charge is 0.493 e. The van der Waals surface area contributed by atoms with Gasteiger partial charge in [-0.25, -0.2) is 4.79 Å². The number of benzene rings is 2. The van der Waals surface area contributed by atoms with Gasteiger partial charge in [0, 0.05) is 9.50 Å². The van der Waals surface area contributed by atoms with E-state index in [-0.39, 0.29) is 26.9 Å². The lowest BCUT2D eigenvalue weighted by molar-refractivity contribution is 0.0729. The highest BCUT2D eigenvalue weighted by molar-refractivity contribution is 9.10. The summed E-state index contributed by atoms with van der Waals surface area (Å²) in [6.07, 6.45) is 0.519. The summed E-state index contributed by atoms with van der Waals surface area (Å²) < 4.78 is 11.4. The van der Waals surface area contributed by atoms with Gasteiger partial charge in [-0.3, -0.25) is 4.79 Å². The standard InChI is InChI=1S/C16H11BrCl2O4/c1-2-22-14-4-3-10(17)6-12(14)16(21)23-15-9(8-20)5-11(18)7-13(15)19/h3-8H,2H2,1H3. The molecule has 2 rings (SSSR count). The lowest BCUT2D eigenvalue weighted by Gasteiger charge is -2.12. The van der Waals surface area contributed by atoms with Crippen LogP contribution in [-0.2, 0) is 0 Å². The average molecular weight is 418 g/mol. The average Bonchev–Trinajstić information content (AvgIpc) is 2.51. The Bertz CT molecular complexity index is 762. The second kappa shape index (κ2) is 7.81. The quantitative estimate of drug-likeness (QED) is 0.381. The predicted octanol–water partition coefficient (Wildman–Crippen LogP) is 5.19. The van der Waals surface area contributed by atoms with Crippen molar-refractivity contribution in [3.8, 4) is 11.5 Å². The topological polar surface area (TPSA) is 52.6 Å². The molecule has 0 saturated heterocycles. The minimum Gasteiger partial charge on any atom is -0.493 e. The number of hydrogen-bond donors (Lipinski definition) is 0.